The maximum atomic E-state index is 13.1. The summed E-state index contributed by atoms with van der Waals surface area (Å²) < 4.78 is 0. The molecular formula is C23H26N3OS+. The second kappa shape index (κ2) is 7.21. The van der Waals surface area contributed by atoms with Gasteiger partial charge in [0.25, 0.3) is 5.82 Å². The maximum Gasteiger partial charge on any atom is 0.278 e. The van der Waals surface area contributed by atoms with Crippen LogP contribution >= 0.6 is 11.3 Å². The van der Waals surface area contributed by atoms with E-state index in [4.69, 9.17) is 5.73 Å². The van der Waals surface area contributed by atoms with Gasteiger partial charge in [0.15, 0.2) is 4.83 Å². The van der Waals surface area contributed by atoms with Crippen molar-refractivity contribution in [3.8, 4) is 0 Å². The highest BCUT2D eigenvalue weighted by atomic mass is 32.1. The van der Waals surface area contributed by atoms with E-state index in [-0.39, 0.29) is 5.78 Å². The number of aromatic nitrogens is 1. The Morgan fingerprint density at radius 3 is 2.43 bits per heavy atom. The third kappa shape index (κ3) is 2.89. The molecule has 0 saturated carbocycles. The first-order valence-electron chi connectivity index (χ1n) is 10.4. The molecule has 1 aliphatic carbocycles. The van der Waals surface area contributed by atoms with E-state index in [0.29, 0.717) is 16.1 Å². The number of ketones is 1. The van der Waals surface area contributed by atoms with Gasteiger partial charge in [-0.3, -0.25) is 9.69 Å². The van der Waals surface area contributed by atoms with E-state index < -0.39 is 0 Å². The van der Waals surface area contributed by atoms with Crippen LogP contribution in [0.5, 0.6) is 0 Å². The molecule has 3 heterocycles. The third-order valence-corrected chi connectivity index (χ3v) is 7.27. The highest BCUT2D eigenvalue weighted by Gasteiger charge is 2.31. The van der Waals surface area contributed by atoms with Crippen LogP contribution in [0.1, 0.15) is 58.5 Å². The van der Waals surface area contributed by atoms with E-state index in [0.717, 1.165) is 36.1 Å². The molecule has 0 spiro atoms. The molecule has 0 unspecified atom stereocenters. The van der Waals surface area contributed by atoms with Crippen LogP contribution in [0.4, 0.5) is 11.5 Å². The number of benzene rings is 1. The highest BCUT2D eigenvalue weighted by molar-refractivity contribution is 7.21. The number of hydrogen-bond acceptors (Lipinski definition) is 4. The van der Waals surface area contributed by atoms with E-state index in [1.54, 1.807) is 0 Å². The molecule has 5 rings (SSSR count). The van der Waals surface area contributed by atoms with Crippen LogP contribution < -0.4 is 15.6 Å². The number of nitrogens with zero attached hydrogens (tertiary/aromatic N) is 1. The number of piperidine rings is 1. The Hall–Kier alpha value is -2.40. The first kappa shape index (κ1) is 17.7. The summed E-state index contributed by atoms with van der Waals surface area (Å²) in [5.74, 6) is 1.30. The molecule has 144 valence electrons. The summed E-state index contributed by atoms with van der Waals surface area (Å²) in [4.78, 5) is 21.0. The molecule has 3 aromatic rings. The lowest BCUT2D eigenvalue weighted by Gasteiger charge is -2.26. The number of pyridine rings is 1. The molecule has 0 atom stereocenters. The lowest BCUT2D eigenvalue weighted by atomic mass is 9.89. The van der Waals surface area contributed by atoms with Gasteiger partial charge < -0.3 is 5.73 Å². The van der Waals surface area contributed by atoms with Crippen molar-refractivity contribution in [2.45, 2.75) is 44.9 Å². The number of fused-ring (bicyclic) bond motifs is 3. The van der Waals surface area contributed by atoms with Gasteiger partial charge >= 0.3 is 0 Å². The standard InChI is InChI=1S/C23H25N3OS/c24-19-18-16-11-5-6-12-17(16)22(26-13-7-2-8-14-26)25-23(18)28-21(19)20(27)15-9-3-1-4-10-15/h1,3-4,9-10H,2,5-8,11-14,24H2/p+1. The number of carbonyl (C=O) groups excluding carboxylic acids is 1. The average Bonchev–Trinajstić information content (AvgIpc) is 3.10. The summed E-state index contributed by atoms with van der Waals surface area (Å²) in [6, 6.07) is 9.47. The topological polar surface area (TPSA) is 60.5 Å². The van der Waals surface area contributed by atoms with Gasteiger partial charge in [-0.25, -0.2) is 4.98 Å². The lowest BCUT2D eigenvalue weighted by Crippen LogP contribution is -2.36. The Balaban J connectivity index is 1.68. The van der Waals surface area contributed by atoms with Crippen LogP contribution in [-0.2, 0) is 12.8 Å². The van der Waals surface area contributed by atoms with Gasteiger partial charge in [-0.15, -0.1) is 0 Å². The summed E-state index contributed by atoms with van der Waals surface area (Å²) in [5.41, 5.74) is 10.8. The molecule has 0 bridgehead atoms. The van der Waals surface area contributed by atoms with Crippen molar-refractivity contribution in [1.29, 1.82) is 0 Å². The SMILES string of the molecule is Nc1c(C(=O)c2ccccc2)sc2[nH+]c(N3CCCCC3)c3c(c12)CCCC3. The van der Waals surface area contributed by atoms with Gasteiger partial charge in [0.1, 0.15) is 4.88 Å². The maximum absolute atomic E-state index is 13.1. The van der Waals surface area contributed by atoms with Gasteiger partial charge in [-0.05, 0) is 50.5 Å². The van der Waals surface area contributed by atoms with Crippen molar-refractivity contribution in [1.82, 2.24) is 0 Å². The molecule has 1 aliphatic heterocycles. The predicted octanol–water partition coefficient (Wildman–Crippen LogP) is 4.40. The van der Waals surface area contributed by atoms with Gasteiger partial charge in [0, 0.05) is 11.1 Å². The van der Waals surface area contributed by atoms with E-state index in [9.17, 15) is 4.79 Å². The number of anilines is 2. The zero-order valence-electron chi connectivity index (χ0n) is 16.1. The van der Waals surface area contributed by atoms with Crippen molar-refractivity contribution in [3.05, 3.63) is 51.9 Å². The minimum atomic E-state index is 0.0248. The number of nitrogen functional groups attached to an aromatic ring is 1. The number of rotatable bonds is 3. The fourth-order valence-electron chi connectivity index (χ4n) is 4.73. The summed E-state index contributed by atoms with van der Waals surface area (Å²) in [7, 11) is 0. The van der Waals surface area contributed by atoms with E-state index in [2.05, 4.69) is 9.88 Å². The first-order valence-corrected chi connectivity index (χ1v) is 11.2. The number of nitrogens with one attached hydrogen (secondary N) is 1. The average molecular weight is 393 g/mol. The molecule has 1 aromatic carbocycles. The van der Waals surface area contributed by atoms with E-state index >= 15 is 0 Å². The second-order valence-corrected chi connectivity index (χ2v) is 8.95. The van der Waals surface area contributed by atoms with Crippen molar-refractivity contribution >= 4 is 38.8 Å². The van der Waals surface area contributed by atoms with E-state index in [1.807, 2.05) is 30.3 Å². The second-order valence-electron chi connectivity index (χ2n) is 7.93. The summed E-state index contributed by atoms with van der Waals surface area (Å²) >= 11 is 1.52. The zero-order chi connectivity index (χ0) is 19.1. The molecule has 1 saturated heterocycles. The van der Waals surface area contributed by atoms with E-state index in [1.165, 1.54) is 60.4 Å². The van der Waals surface area contributed by atoms with Crippen molar-refractivity contribution in [2.75, 3.05) is 23.7 Å². The number of carbonyl (C=O) groups is 1. The Labute approximate surface area is 169 Å². The number of hydrogen-bond donors (Lipinski definition) is 1. The number of aromatic amines is 1. The monoisotopic (exact) mass is 392 g/mol. The number of aryl methyl sites for hydroxylation is 1. The summed E-state index contributed by atoms with van der Waals surface area (Å²) in [5, 5.41) is 1.10. The Bertz CT molecular complexity index is 1040. The van der Waals surface area contributed by atoms with Crippen LogP contribution in [0, 0.1) is 0 Å². The quantitative estimate of drug-likeness (QED) is 0.672. The molecule has 0 radical (unpaired) electrons. The Kier molecular flexibility index (Phi) is 4.55. The van der Waals surface area contributed by atoms with Gasteiger partial charge in [-0.1, -0.05) is 41.7 Å². The fourth-order valence-corrected chi connectivity index (χ4v) is 5.84. The predicted molar refractivity (Wildman–Crippen MR) is 115 cm³/mol. The zero-order valence-corrected chi connectivity index (χ0v) is 16.9. The minimum Gasteiger partial charge on any atom is -0.397 e. The number of thiophene rings is 1. The molecule has 4 nitrogen and oxygen atoms in total. The van der Waals surface area contributed by atoms with Gasteiger partial charge in [0.2, 0.25) is 5.78 Å². The Morgan fingerprint density at radius 1 is 0.964 bits per heavy atom. The number of nitrogens with two attached hydrogens (primary N) is 1. The molecule has 1 fully saturated rings. The molecule has 3 N–H and O–H groups in total. The highest BCUT2D eigenvalue weighted by Crippen LogP contribution is 2.41. The van der Waals surface area contributed by atoms with Crippen molar-refractivity contribution < 1.29 is 9.78 Å². The van der Waals surface area contributed by atoms with Crippen LogP contribution in [0.2, 0.25) is 0 Å². The largest absolute Gasteiger partial charge is 0.397 e. The van der Waals surface area contributed by atoms with Crippen LogP contribution in [0.3, 0.4) is 0 Å². The molecular weight excluding hydrogens is 366 g/mol. The van der Waals surface area contributed by atoms with Crippen LogP contribution in [0.15, 0.2) is 30.3 Å². The third-order valence-electron chi connectivity index (χ3n) is 6.15. The minimum absolute atomic E-state index is 0.0248. The fraction of sp³-hybridized carbons (Fsp3) is 0.391. The molecule has 28 heavy (non-hydrogen) atoms. The Morgan fingerprint density at radius 2 is 1.68 bits per heavy atom. The normalized spacial score (nSPS) is 16.9. The molecule has 2 aromatic heterocycles. The van der Waals surface area contributed by atoms with Crippen molar-refractivity contribution in [2.24, 2.45) is 0 Å². The van der Waals surface area contributed by atoms with Crippen molar-refractivity contribution in [3.63, 3.8) is 0 Å². The smallest absolute Gasteiger partial charge is 0.278 e. The van der Waals surface area contributed by atoms with Crippen LogP contribution in [-0.4, -0.2) is 18.9 Å². The van der Waals surface area contributed by atoms with Gasteiger partial charge in [0.05, 0.1) is 24.2 Å². The molecule has 0 amide bonds. The lowest BCUT2D eigenvalue weighted by molar-refractivity contribution is -0.328. The summed E-state index contributed by atoms with van der Waals surface area (Å²) in [6.45, 7) is 2.23. The molecule has 5 heteroatoms. The first-order chi connectivity index (χ1) is 13.7. The molecule has 2 aliphatic rings. The number of H-pyrrole nitrogens is 1. The van der Waals surface area contributed by atoms with Gasteiger partial charge in [-0.2, -0.15) is 0 Å². The van der Waals surface area contributed by atoms with Crippen LogP contribution in [0.25, 0.3) is 10.2 Å². The summed E-state index contributed by atoms with van der Waals surface area (Å²) in [6.07, 6.45) is 8.42.